The van der Waals surface area contributed by atoms with Crippen molar-refractivity contribution in [3.05, 3.63) is 70.8 Å². The molecule has 0 radical (unpaired) electrons. The summed E-state index contributed by atoms with van der Waals surface area (Å²) in [5, 5.41) is 3.55. The summed E-state index contributed by atoms with van der Waals surface area (Å²) in [6.45, 7) is 8.66. The maximum absolute atomic E-state index is 3.55. The van der Waals surface area contributed by atoms with Crippen molar-refractivity contribution in [1.29, 1.82) is 0 Å². The zero-order chi connectivity index (χ0) is 14.4. The quantitative estimate of drug-likeness (QED) is 0.755. The number of hydrogen-bond donors (Lipinski definition) is 1. The van der Waals surface area contributed by atoms with Crippen LogP contribution in [0.3, 0.4) is 0 Å². The van der Waals surface area contributed by atoms with Crippen LogP contribution in [0, 0.1) is 13.8 Å². The minimum Gasteiger partial charge on any atom is -0.313 e. The zero-order valence-electron chi connectivity index (χ0n) is 12.8. The van der Waals surface area contributed by atoms with E-state index in [0.717, 1.165) is 13.1 Å². The molecule has 0 bridgehead atoms. The first kappa shape index (κ1) is 14.8. The van der Waals surface area contributed by atoms with Gasteiger partial charge in [-0.2, -0.15) is 0 Å². The van der Waals surface area contributed by atoms with Crippen LogP contribution in [0.2, 0.25) is 0 Å². The van der Waals surface area contributed by atoms with Crippen molar-refractivity contribution in [2.45, 2.75) is 39.7 Å². The third-order valence-corrected chi connectivity index (χ3v) is 4.02. The third kappa shape index (κ3) is 4.21. The summed E-state index contributed by atoms with van der Waals surface area (Å²) in [5.41, 5.74) is 5.55. The van der Waals surface area contributed by atoms with Crippen LogP contribution in [-0.4, -0.2) is 6.54 Å². The van der Waals surface area contributed by atoms with Gasteiger partial charge in [-0.1, -0.05) is 55.5 Å². The number of rotatable bonds is 6. The first-order valence-corrected chi connectivity index (χ1v) is 7.48. The van der Waals surface area contributed by atoms with E-state index in [9.17, 15) is 0 Å². The zero-order valence-corrected chi connectivity index (χ0v) is 12.8. The molecule has 106 valence electrons. The van der Waals surface area contributed by atoms with Gasteiger partial charge in [0.05, 0.1) is 0 Å². The smallest absolute Gasteiger partial charge is 0.0205 e. The standard InChI is InChI=1S/C19H25N/c1-15-9-10-18(13-17(15)3)14-20-12-11-16(2)19-7-5-4-6-8-19/h4-10,13,16,20H,11-12,14H2,1-3H3. The highest BCUT2D eigenvalue weighted by Gasteiger charge is 2.04. The summed E-state index contributed by atoms with van der Waals surface area (Å²) in [6, 6.07) is 17.5. The molecular weight excluding hydrogens is 242 g/mol. The molecule has 0 aliphatic rings. The van der Waals surface area contributed by atoms with E-state index < -0.39 is 0 Å². The van der Waals surface area contributed by atoms with E-state index >= 15 is 0 Å². The SMILES string of the molecule is Cc1ccc(CNCCC(C)c2ccccc2)cc1C. The van der Waals surface area contributed by atoms with Gasteiger partial charge in [-0.25, -0.2) is 0 Å². The summed E-state index contributed by atoms with van der Waals surface area (Å²) in [7, 11) is 0. The highest BCUT2D eigenvalue weighted by molar-refractivity contribution is 5.29. The molecule has 1 N–H and O–H groups in total. The lowest BCUT2D eigenvalue weighted by molar-refractivity contribution is 0.594. The molecule has 0 saturated carbocycles. The van der Waals surface area contributed by atoms with Gasteiger partial charge in [-0.05, 0) is 55.0 Å². The fraction of sp³-hybridized carbons (Fsp3) is 0.368. The second kappa shape index (κ2) is 7.25. The second-order valence-electron chi connectivity index (χ2n) is 5.70. The van der Waals surface area contributed by atoms with E-state index in [-0.39, 0.29) is 0 Å². The van der Waals surface area contributed by atoms with E-state index in [0.29, 0.717) is 5.92 Å². The fourth-order valence-electron chi connectivity index (χ4n) is 2.41. The van der Waals surface area contributed by atoms with Gasteiger partial charge in [0, 0.05) is 6.54 Å². The van der Waals surface area contributed by atoms with Crippen LogP contribution in [0.25, 0.3) is 0 Å². The van der Waals surface area contributed by atoms with Crippen molar-refractivity contribution in [2.24, 2.45) is 0 Å². The normalized spacial score (nSPS) is 12.3. The lowest BCUT2D eigenvalue weighted by Crippen LogP contribution is -2.16. The van der Waals surface area contributed by atoms with Crippen molar-refractivity contribution in [2.75, 3.05) is 6.54 Å². The Morgan fingerprint density at radius 1 is 0.950 bits per heavy atom. The van der Waals surface area contributed by atoms with Gasteiger partial charge in [0.25, 0.3) is 0 Å². The first-order chi connectivity index (χ1) is 9.66. The molecule has 0 fully saturated rings. The molecule has 0 aliphatic heterocycles. The Bertz CT molecular complexity index is 531. The summed E-state index contributed by atoms with van der Waals surface area (Å²) in [4.78, 5) is 0. The van der Waals surface area contributed by atoms with Crippen molar-refractivity contribution < 1.29 is 0 Å². The Kier molecular flexibility index (Phi) is 5.37. The molecule has 1 heteroatoms. The van der Waals surface area contributed by atoms with Gasteiger partial charge in [0.1, 0.15) is 0 Å². The van der Waals surface area contributed by atoms with Crippen LogP contribution >= 0.6 is 0 Å². The third-order valence-electron chi connectivity index (χ3n) is 4.02. The Hall–Kier alpha value is -1.60. The van der Waals surface area contributed by atoms with Crippen molar-refractivity contribution in [3.63, 3.8) is 0 Å². The van der Waals surface area contributed by atoms with Crippen molar-refractivity contribution in [3.8, 4) is 0 Å². The number of hydrogen-bond acceptors (Lipinski definition) is 1. The van der Waals surface area contributed by atoms with Gasteiger partial charge in [0.15, 0.2) is 0 Å². The highest BCUT2D eigenvalue weighted by atomic mass is 14.8. The van der Waals surface area contributed by atoms with E-state index in [1.165, 1.54) is 28.7 Å². The van der Waals surface area contributed by atoms with Gasteiger partial charge in [0.2, 0.25) is 0 Å². The van der Waals surface area contributed by atoms with Crippen LogP contribution < -0.4 is 5.32 Å². The molecule has 20 heavy (non-hydrogen) atoms. The average Bonchev–Trinajstić information content (AvgIpc) is 2.48. The minimum absolute atomic E-state index is 0.614. The largest absolute Gasteiger partial charge is 0.313 e. The molecule has 0 spiro atoms. The molecule has 2 aromatic rings. The maximum Gasteiger partial charge on any atom is 0.0205 e. The molecule has 0 amide bonds. The number of benzene rings is 2. The van der Waals surface area contributed by atoms with Crippen LogP contribution in [0.5, 0.6) is 0 Å². The van der Waals surface area contributed by atoms with Crippen molar-refractivity contribution >= 4 is 0 Å². The predicted octanol–water partition coefficient (Wildman–Crippen LogP) is 4.59. The van der Waals surface area contributed by atoms with E-state index in [1.54, 1.807) is 0 Å². The van der Waals surface area contributed by atoms with Gasteiger partial charge in [-0.15, -0.1) is 0 Å². The molecule has 0 saturated heterocycles. The van der Waals surface area contributed by atoms with Crippen molar-refractivity contribution in [1.82, 2.24) is 5.32 Å². The topological polar surface area (TPSA) is 12.0 Å². The summed E-state index contributed by atoms with van der Waals surface area (Å²) >= 11 is 0. The number of nitrogens with one attached hydrogen (secondary N) is 1. The Labute approximate surface area is 123 Å². The molecule has 2 rings (SSSR count). The average molecular weight is 267 g/mol. The Morgan fingerprint density at radius 3 is 2.40 bits per heavy atom. The molecule has 0 aliphatic carbocycles. The molecular formula is C19H25N. The van der Waals surface area contributed by atoms with E-state index in [2.05, 4.69) is 74.6 Å². The van der Waals surface area contributed by atoms with Crippen LogP contribution in [0.1, 0.15) is 41.5 Å². The molecule has 1 unspecified atom stereocenters. The highest BCUT2D eigenvalue weighted by Crippen LogP contribution is 2.17. The minimum atomic E-state index is 0.614. The lowest BCUT2D eigenvalue weighted by Gasteiger charge is -2.13. The monoisotopic (exact) mass is 267 g/mol. The Balaban J connectivity index is 1.75. The van der Waals surface area contributed by atoms with Gasteiger partial charge in [-0.3, -0.25) is 0 Å². The molecule has 0 heterocycles. The maximum atomic E-state index is 3.55. The van der Waals surface area contributed by atoms with Crippen LogP contribution in [0.4, 0.5) is 0 Å². The fourth-order valence-corrected chi connectivity index (χ4v) is 2.41. The van der Waals surface area contributed by atoms with Crippen LogP contribution in [0.15, 0.2) is 48.5 Å². The van der Waals surface area contributed by atoms with E-state index in [4.69, 9.17) is 0 Å². The molecule has 0 aromatic heterocycles. The van der Waals surface area contributed by atoms with Gasteiger partial charge >= 0.3 is 0 Å². The summed E-state index contributed by atoms with van der Waals surface area (Å²) < 4.78 is 0. The van der Waals surface area contributed by atoms with E-state index in [1.807, 2.05) is 0 Å². The van der Waals surface area contributed by atoms with Gasteiger partial charge < -0.3 is 5.32 Å². The predicted molar refractivity (Wildman–Crippen MR) is 87.1 cm³/mol. The number of aryl methyl sites for hydroxylation is 2. The molecule has 1 atom stereocenters. The summed E-state index contributed by atoms with van der Waals surface area (Å²) in [5.74, 6) is 0.614. The van der Waals surface area contributed by atoms with Crippen LogP contribution in [-0.2, 0) is 6.54 Å². The molecule has 1 nitrogen and oxygen atoms in total. The molecule has 2 aromatic carbocycles. The first-order valence-electron chi connectivity index (χ1n) is 7.48. The lowest BCUT2D eigenvalue weighted by atomic mass is 9.98. The Morgan fingerprint density at radius 2 is 1.70 bits per heavy atom. The second-order valence-corrected chi connectivity index (χ2v) is 5.70. The summed E-state index contributed by atoms with van der Waals surface area (Å²) in [6.07, 6.45) is 1.18.